The molecule has 0 saturated carbocycles. The summed E-state index contributed by atoms with van der Waals surface area (Å²) < 4.78 is 30.4. The summed E-state index contributed by atoms with van der Waals surface area (Å²) in [5.41, 5.74) is 0. The first kappa shape index (κ1) is 17.0. The second-order valence-corrected chi connectivity index (χ2v) is 4.33. The molecule has 14 heavy (non-hydrogen) atoms. The molecule has 78 valence electrons. The zero-order valence-corrected chi connectivity index (χ0v) is 11.3. The Kier molecular flexibility index (Phi) is 10.8. The van der Waals surface area contributed by atoms with Crippen LogP contribution in [0.4, 0.5) is 0 Å². The van der Waals surface area contributed by atoms with E-state index in [2.05, 4.69) is 5.32 Å². The molecule has 7 heteroatoms. The molecule has 0 radical (unpaired) electrons. The van der Waals surface area contributed by atoms with Crippen molar-refractivity contribution in [2.24, 2.45) is 0 Å². The van der Waals surface area contributed by atoms with Crippen molar-refractivity contribution in [3.8, 4) is 0 Å². The Morgan fingerprint density at radius 3 is 2.29 bits per heavy atom. The monoisotopic (exact) mass is 248 g/mol. The van der Waals surface area contributed by atoms with Gasteiger partial charge in [-0.1, -0.05) is 6.42 Å². The van der Waals surface area contributed by atoms with E-state index in [0.29, 0.717) is 25.8 Å². The number of rotatable bonds is 6. The molecule has 0 spiro atoms. The summed E-state index contributed by atoms with van der Waals surface area (Å²) in [6.07, 6.45) is 1.71. The Labute approximate surface area is 114 Å². The molecule has 0 unspecified atom stereocenters. The Morgan fingerprint density at radius 2 is 1.86 bits per heavy atom. The molecule has 0 aliphatic rings. The molecule has 0 bridgehead atoms. The molecule has 0 atom stereocenters. The average Bonchev–Trinajstić information content (AvgIpc) is 1.93. The number of nitrogens with one attached hydrogen (secondary N) is 1. The van der Waals surface area contributed by atoms with Gasteiger partial charge < -0.3 is 9.87 Å². The standard InChI is InChI=1S/C7H15NO4S.Ca/c1-7(9)8-5-3-2-4-6-13(10,11)12;/h2-6H2,1H3,(H,8,9)(H,10,11,12);/q;+2/p-1. The minimum atomic E-state index is -4.06. The summed E-state index contributed by atoms with van der Waals surface area (Å²) in [5.74, 6) is -0.413. The van der Waals surface area contributed by atoms with Crippen LogP contribution in [0.2, 0.25) is 0 Å². The molecule has 0 fully saturated rings. The summed E-state index contributed by atoms with van der Waals surface area (Å²) in [6, 6.07) is 0. The summed E-state index contributed by atoms with van der Waals surface area (Å²) in [4.78, 5) is 10.4. The summed E-state index contributed by atoms with van der Waals surface area (Å²) in [5, 5.41) is 2.58. The molecule has 0 aromatic carbocycles. The molecule has 0 heterocycles. The van der Waals surface area contributed by atoms with E-state index < -0.39 is 10.1 Å². The molecular weight excluding hydrogens is 234 g/mol. The first-order chi connectivity index (χ1) is 5.92. The van der Waals surface area contributed by atoms with Crippen molar-refractivity contribution in [2.75, 3.05) is 12.3 Å². The Hall–Kier alpha value is 0.640. The maximum Gasteiger partial charge on any atom is 2.00 e. The van der Waals surface area contributed by atoms with Crippen molar-refractivity contribution in [3.05, 3.63) is 0 Å². The van der Waals surface area contributed by atoms with E-state index in [-0.39, 0.29) is 49.4 Å². The van der Waals surface area contributed by atoms with Crippen LogP contribution in [-0.2, 0) is 14.9 Å². The van der Waals surface area contributed by atoms with Crippen molar-refractivity contribution in [3.63, 3.8) is 0 Å². The molecule has 1 amide bonds. The van der Waals surface area contributed by atoms with Crippen molar-refractivity contribution in [2.45, 2.75) is 26.2 Å². The van der Waals surface area contributed by atoms with Crippen LogP contribution in [0, 0.1) is 0 Å². The fourth-order valence-electron chi connectivity index (χ4n) is 0.845. The number of hydrogen-bond donors (Lipinski definition) is 1. The van der Waals surface area contributed by atoms with Crippen LogP contribution in [0.15, 0.2) is 0 Å². The molecule has 0 aliphatic heterocycles. The number of carbonyl (C=O) groups excluding carboxylic acids is 1. The SMILES string of the molecule is CC(=O)NCCCCCS(=O)(=O)[O-].[Ca+2]. The summed E-state index contributed by atoms with van der Waals surface area (Å²) in [7, 11) is -4.06. The minimum absolute atomic E-state index is 0. The second kappa shape index (κ2) is 8.91. The smallest absolute Gasteiger partial charge is 0.748 e. The first-order valence-electron chi connectivity index (χ1n) is 4.10. The second-order valence-electron chi connectivity index (χ2n) is 2.81. The van der Waals surface area contributed by atoms with Gasteiger partial charge in [-0.15, -0.1) is 0 Å². The normalized spacial score (nSPS) is 10.4. The topological polar surface area (TPSA) is 86.3 Å². The fraction of sp³-hybridized carbons (Fsp3) is 0.857. The van der Waals surface area contributed by atoms with Gasteiger partial charge in [0, 0.05) is 19.2 Å². The maximum absolute atomic E-state index is 10.4. The van der Waals surface area contributed by atoms with Crippen LogP contribution >= 0.6 is 0 Å². The van der Waals surface area contributed by atoms with E-state index in [9.17, 15) is 17.8 Å². The van der Waals surface area contributed by atoms with Crippen molar-refractivity contribution in [1.29, 1.82) is 0 Å². The third-order valence-electron chi connectivity index (χ3n) is 1.45. The molecule has 0 saturated heterocycles. The minimum Gasteiger partial charge on any atom is -0.748 e. The van der Waals surface area contributed by atoms with Gasteiger partial charge in [0.25, 0.3) is 0 Å². The van der Waals surface area contributed by atoms with Crippen molar-refractivity contribution in [1.82, 2.24) is 5.32 Å². The van der Waals surface area contributed by atoms with Crippen LogP contribution in [0.3, 0.4) is 0 Å². The number of amides is 1. The molecule has 0 aromatic heterocycles. The Balaban J connectivity index is 0. The maximum atomic E-state index is 10.4. The van der Waals surface area contributed by atoms with Crippen LogP contribution < -0.4 is 5.32 Å². The van der Waals surface area contributed by atoms with Gasteiger partial charge in [0.15, 0.2) is 0 Å². The van der Waals surface area contributed by atoms with E-state index in [1.54, 1.807) is 0 Å². The number of unbranched alkanes of at least 4 members (excludes halogenated alkanes) is 2. The van der Waals surface area contributed by atoms with E-state index >= 15 is 0 Å². The van der Waals surface area contributed by atoms with Gasteiger partial charge in [0.05, 0.1) is 10.1 Å². The number of hydrogen-bond acceptors (Lipinski definition) is 4. The zero-order chi connectivity index (χ0) is 10.3. The van der Waals surface area contributed by atoms with Gasteiger partial charge in [-0.25, -0.2) is 8.42 Å². The average molecular weight is 248 g/mol. The van der Waals surface area contributed by atoms with Crippen molar-refractivity contribution < 1.29 is 17.8 Å². The van der Waals surface area contributed by atoms with Gasteiger partial charge in [0.2, 0.25) is 5.91 Å². The zero-order valence-electron chi connectivity index (χ0n) is 8.28. The molecular formula is C7H14CaNO4S+. The van der Waals surface area contributed by atoms with E-state index in [1.165, 1.54) is 6.92 Å². The molecule has 0 aromatic rings. The quantitative estimate of drug-likeness (QED) is 0.388. The molecule has 0 rings (SSSR count). The molecule has 0 aliphatic carbocycles. The van der Waals surface area contributed by atoms with Gasteiger partial charge in [-0.2, -0.15) is 0 Å². The van der Waals surface area contributed by atoms with Crippen molar-refractivity contribution >= 4 is 53.8 Å². The predicted octanol–water partition coefficient (Wildman–Crippen LogP) is -0.543. The summed E-state index contributed by atoms with van der Waals surface area (Å²) in [6.45, 7) is 1.95. The van der Waals surface area contributed by atoms with Crippen LogP contribution in [0.5, 0.6) is 0 Å². The summed E-state index contributed by atoms with van der Waals surface area (Å²) >= 11 is 0. The van der Waals surface area contributed by atoms with Crippen LogP contribution in [0.1, 0.15) is 26.2 Å². The van der Waals surface area contributed by atoms with E-state index in [0.717, 1.165) is 0 Å². The molecule has 1 N–H and O–H groups in total. The van der Waals surface area contributed by atoms with E-state index in [1.807, 2.05) is 0 Å². The number of carbonyl (C=O) groups is 1. The van der Waals surface area contributed by atoms with Crippen LogP contribution in [-0.4, -0.2) is 68.9 Å². The molecule has 5 nitrogen and oxygen atoms in total. The van der Waals surface area contributed by atoms with Gasteiger partial charge >= 0.3 is 37.7 Å². The van der Waals surface area contributed by atoms with E-state index in [4.69, 9.17) is 0 Å². The van der Waals surface area contributed by atoms with Gasteiger partial charge in [-0.3, -0.25) is 4.79 Å². The van der Waals surface area contributed by atoms with Crippen LogP contribution in [0.25, 0.3) is 0 Å². The largest absolute Gasteiger partial charge is 2.00 e. The third kappa shape index (κ3) is 15.1. The van der Waals surface area contributed by atoms with Gasteiger partial charge in [0.1, 0.15) is 0 Å². The predicted molar refractivity (Wildman–Crippen MR) is 52.9 cm³/mol. The van der Waals surface area contributed by atoms with Gasteiger partial charge in [-0.05, 0) is 12.8 Å². The Morgan fingerprint density at radius 1 is 1.29 bits per heavy atom. The third-order valence-corrected chi connectivity index (χ3v) is 2.23. The fourth-order valence-corrected chi connectivity index (χ4v) is 1.40. The Bertz CT molecular complexity index is 252. The first-order valence-corrected chi connectivity index (χ1v) is 5.67.